The molecule has 0 radical (unpaired) electrons. The zero-order valence-electron chi connectivity index (χ0n) is 12.3. The van der Waals surface area contributed by atoms with E-state index in [4.69, 9.17) is 9.47 Å². The number of methoxy groups -OCH3 is 1. The minimum atomic E-state index is 0.540. The van der Waals surface area contributed by atoms with Crippen LogP contribution in [0.3, 0.4) is 0 Å². The van der Waals surface area contributed by atoms with Gasteiger partial charge in [-0.15, -0.1) is 0 Å². The Hall–Kier alpha value is -0.740. The predicted octanol–water partition coefficient (Wildman–Crippen LogP) is 3.99. The fraction of sp³-hybridized carbons (Fsp3) is 0.600. The largest absolute Gasteiger partial charge is 0.493 e. The van der Waals surface area contributed by atoms with Gasteiger partial charge in [-0.3, -0.25) is 0 Å². The van der Waals surface area contributed by atoms with Crippen molar-refractivity contribution in [1.29, 1.82) is 0 Å². The van der Waals surface area contributed by atoms with Gasteiger partial charge in [0.25, 0.3) is 0 Å². The van der Waals surface area contributed by atoms with E-state index < -0.39 is 0 Å². The summed E-state index contributed by atoms with van der Waals surface area (Å²) in [6.07, 6.45) is 1.11. The Morgan fingerprint density at radius 2 is 2.05 bits per heavy atom. The standard InChI is InChI=1S/C15H24BrNO2/c1-5-11(3)10-19-15-13(16)7-12(9-17-6-2)8-14(15)18-4/h7-8,11,17H,5-6,9-10H2,1-4H3. The van der Waals surface area contributed by atoms with E-state index >= 15 is 0 Å². The van der Waals surface area contributed by atoms with Gasteiger partial charge >= 0.3 is 0 Å². The van der Waals surface area contributed by atoms with Crippen molar-refractivity contribution in [3.63, 3.8) is 0 Å². The molecule has 0 fully saturated rings. The predicted molar refractivity (Wildman–Crippen MR) is 83.0 cm³/mol. The summed E-state index contributed by atoms with van der Waals surface area (Å²) in [5.74, 6) is 2.12. The van der Waals surface area contributed by atoms with Crippen LogP contribution in [0.2, 0.25) is 0 Å². The number of hydrogen-bond donors (Lipinski definition) is 1. The molecule has 0 bridgehead atoms. The Morgan fingerprint density at radius 3 is 2.63 bits per heavy atom. The van der Waals surface area contributed by atoms with Gasteiger partial charge in [0.1, 0.15) is 0 Å². The van der Waals surface area contributed by atoms with Crippen LogP contribution in [0.1, 0.15) is 32.8 Å². The fourth-order valence-electron chi connectivity index (χ4n) is 1.63. The molecule has 0 saturated heterocycles. The Labute approximate surface area is 124 Å². The summed E-state index contributed by atoms with van der Waals surface area (Å²) in [5, 5.41) is 3.30. The third-order valence-corrected chi connectivity index (χ3v) is 3.67. The Bertz CT molecular complexity index is 396. The van der Waals surface area contributed by atoms with Crippen molar-refractivity contribution >= 4 is 15.9 Å². The van der Waals surface area contributed by atoms with Crippen molar-refractivity contribution in [2.45, 2.75) is 33.7 Å². The van der Waals surface area contributed by atoms with Gasteiger partial charge in [-0.05, 0) is 46.1 Å². The molecular formula is C15H24BrNO2. The van der Waals surface area contributed by atoms with E-state index in [0.29, 0.717) is 12.5 Å². The van der Waals surface area contributed by atoms with Gasteiger partial charge in [0.15, 0.2) is 11.5 Å². The molecule has 1 atom stereocenters. The van der Waals surface area contributed by atoms with Crippen molar-refractivity contribution < 1.29 is 9.47 Å². The summed E-state index contributed by atoms with van der Waals surface area (Å²) in [6.45, 7) is 8.93. The number of ether oxygens (including phenoxy) is 2. The Balaban J connectivity index is 2.85. The van der Waals surface area contributed by atoms with E-state index in [9.17, 15) is 0 Å². The quantitative estimate of drug-likeness (QED) is 0.782. The molecule has 1 rings (SSSR count). The molecule has 1 aromatic carbocycles. The van der Waals surface area contributed by atoms with Gasteiger partial charge in [-0.1, -0.05) is 27.2 Å². The van der Waals surface area contributed by atoms with Gasteiger partial charge in [0, 0.05) is 6.54 Å². The van der Waals surface area contributed by atoms with Gasteiger partial charge in [0.05, 0.1) is 18.2 Å². The maximum atomic E-state index is 5.88. The van der Waals surface area contributed by atoms with Crippen LogP contribution >= 0.6 is 15.9 Å². The van der Waals surface area contributed by atoms with Crippen LogP contribution in [0, 0.1) is 5.92 Å². The minimum absolute atomic E-state index is 0.540. The third-order valence-electron chi connectivity index (χ3n) is 3.08. The van der Waals surface area contributed by atoms with Crippen LogP contribution in [0.4, 0.5) is 0 Å². The van der Waals surface area contributed by atoms with Crippen molar-refractivity contribution in [2.75, 3.05) is 20.3 Å². The number of hydrogen-bond acceptors (Lipinski definition) is 3. The van der Waals surface area contributed by atoms with Gasteiger partial charge in [-0.2, -0.15) is 0 Å². The molecular weight excluding hydrogens is 306 g/mol. The average Bonchev–Trinajstić information content (AvgIpc) is 2.42. The number of halogens is 1. The van der Waals surface area contributed by atoms with E-state index in [2.05, 4.69) is 48.1 Å². The van der Waals surface area contributed by atoms with Crippen molar-refractivity contribution in [3.8, 4) is 11.5 Å². The molecule has 0 saturated carbocycles. The molecule has 0 aliphatic carbocycles. The van der Waals surface area contributed by atoms with E-state index in [1.807, 2.05) is 6.07 Å². The molecule has 4 heteroatoms. The summed E-state index contributed by atoms with van der Waals surface area (Å²) in [4.78, 5) is 0. The molecule has 3 nitrogen and oxygen atoms in total. The monoisotopic (exact) mass is 329 g/mol. The Kier molecular flexibility index (Phi) is 7.24. The summed E-state index contributed by atoms with van der Waals surface area (Å²) in [7, 11) is 1.68. The van der Waals surface area contributed by atoms with E-state index in [0.717, 1.165) is 35.5 Å². The van der Waals surface area contributed by atoms with Crippen LogP contribution in [-0.4, -0.2) is 20.3 Å². The van der Waals surface area contributed by atoms with Crippen LogP contribution < -0.4 is 14.8 Å². The second-order valence-electron chi connectivity index (χ2n) is 4.71. The molecule has 1 aromatic rings. The van der Waals surface area contributed by atoms with Gasteiger partial charge < -0.3 is 14.8 Å². The van der Waals surface area contributed by atoms with Crippen molar-refractivity contribution in [3.05, 3.63) is 22.2 Å². The summed E-state index contributed by atoms with van der Waals surface area (Å²) in [6, 6.07) is 4.11. The SMILES string of the molecule is CCNCc1cc(Br)c(OCC(C)CC)c(OC)c1. The highest BCUT2D eigenvalue weighted by Crippen LogP contribution is 2.37. The zero-order valence-corrected chi connectivity index (χ0v) is 13.8. The topological polar surface area (TPSA) is 30.5 Å². The minimum Gasteiger partial charge on any atom is -0.493 e. The maximum Gasteiger partial charge on any atom is 0.175 e. The lowest BCUT2D eigenvalue weighted by Crippen LogP contribution is -2.12. The highest BCUT2D eigenvalue weighted by atomic mass is 79.9. The summed E-state index contributed by atoms with van der Waals surface area (Å²) in [5.41, 5.74) is 1.18. The lowest BCUT2D eigenvalue weighted by molar-refractivity contribution is 0.243. The van der Waals surface area contributed by atoms with Crippen LogP contribution in [0.15, 0.2) is 16.6 Å². The average molecular weight is 330 g/mol. The molecule has 0 aromatic heterocycles. The number of rotatable bonds is 8. The lowest BCUT2D eigenvalue weighted by atomic mass is 10.1. The van der Waals surface area contributed by atoms with Crippen molar-refractivity contribution in [2.24, 2.45) is 5.92 Å². The molecule has 0 heterocycles. The molecule has 108 valence electrons. The van der Waals surface area contributed by atoms with Gasteiger partial charge in [0.2, 0.25) is 0 Å². The smallest absolute Gasteiger partial charge is 0.175 e. The van der Waals surface area contributed by atoms with Crippen LogP contribution in [0.5, 0.6) is 11.5 Å². The first-order chi connectivity index (χ1) is 9.12. The van der Waals surface area contributed by atoms with Crippen LogP contribution in [0.25, 0.3) is 0 Å². The molecule has 1 unspecified atom stereocenters. The first-order valence-electron chi connectivity index (χ1n) is 6.82. The third kappa shape index (κ3) is 5.03. The first-order valence-corrected chi connectivity index (χ1v) is 7.61. The summed E-state index contributed by atoms with van der Waals surface area (Å²) < 4.78 is 12.3. The van der Waals surface area contributed by atoms with Crippen molar-refractivity contribution in [1.82, 2.24) is 5.32 Å². The lowest BCUT2D eigenvalue weighted by Gasteiger charge is -2.16. The molecule has 1 N–H and O–H groups in total. The zero-order chi connectivity index (χ0) is 14.3. The van der Waals surface area contributed by atoms with Crippen LogP contribution in [-0.2, 0) is 6.54 Å². The fourth-order valence-corrected chi connectivity index (χ4v) is 2.23. The molecule has 0 aliphatic rings. The molecule has 0 aliphatic heterocycles. The second kappa shape index (κ2) is 8.43. The highest BCUT2D eigenvalue weighted by molar-refractivity contribution is 9.10. The van der Waals surface area contributed by atoms with Gasteiger partial charge in [-0.25, -0.2) is 0 Å². The van der Waals surface area contributed by atoms with E-state index in [1.54, 1.807) is 7.11 Å². The highest BCUT2D eigenvalue weighted by Gasteiger charge is 2.12. The summed E-state index contributed by atoms with van der Waals surface area (Å²) >= 11 is 3.57. The molecule has 0 spiro atoms. The molecule has 0 amide bonds. The maximum absolute atomic E-state index is 5.88. The Morgan fingerprint density at radius 1 is 1.32 bits per heavy atom. The number of nitrogens with one attached hydrogen (secondary N) is 1. The normalized spacial score (nSPS) is 12.3. The first kappa shape index (κ1) is 16.3. The van der Waals surface area contributed by atoms with E-state index in [-0.39, 0.29) is 0 Å². The second-order valence-corrected chi connectivity index (χ2v) is 5.57. The molecule has 19 heavy (non-hydrogen) atoms. The number of benzene rings is 1. The van der Waals surface area contributed by atoms with E-state index in [1.165, 1.54) is 5.56 Å².